The molecule has 10 heavy (non-hydrogen) atoms. The van der Waals surface area contributed by atoms with Crippen LogP contribution in [0.4, 0.5) is 0 Å². The third-order valence-electron chi connectivity index (χ3n) is 1.14. The van der Waals surface area contributed by atoms with Gasteiger partial charge in [0.2, 0.25) is 0 Å². The Balaban J connectivity index is 3.59. The van der Waals surface area contributed by atoms with Crippen molar-refractivity contribution in [1.82, 2.24) is 4.90 Å². The molecule has 0 amide bonds. The first kappa shape index (κ1) is 9.10. The Morgan fingerprint density at radius 2 is 2.30 bits per heavy atom. The first-order valence-electron chi connectivity index (χ1n) is 3.08. The van der Waals surface area contributed by atoms with Gasteiger partial charge in [0.1, 0.15) is 6.29 Å². The van der Waals surface area contributed by atoms with Gasteiger partial charge < -0.3 is 9.90 Å². The predicted octanol–water partition coefficient (Wildman–Crippen LogP) is -0.408. The van der Waals surface area contributed by atoms with E-state index >= 15 is 0 Å². The van der Waals surface area contributed by atoms with Crippen LogP contribution in [0.3, 0.4) is 0 Å². The summed E-state index contributed by atoms with van der Waals surface area (Å²) in [6.07, 6.45) is 0.701. The number of carboxylic acid groups (broad SMARTS) is 1. The number of rotatable bonds is 5. The molecule has 0 unspecified atom stereocenters. The number of carboxylic acids is 1. The van der Waals surface area contributed by atoms with Crippen LogP contribution in [0.5, 0.6) is 0 Å². The maximum absolute atomic E-state index is 10.1. The molecule has 0 saturated carbocycles. The molecule has 0 fully saturated rings. The fraction of sp³-hybridized carbons (Fsp3) is 0.667. The summed E-state index contributed by atoms with van der Waals surface area (Å²) in [7, 11) is 0. The lowest BCUT2D eigenvalue weighted by Gasteiger charge is -2.12. The molecule has 0 atom stereocenters. The highest BCUT2D eigenvalue weighted by Gasteiger charge is 2.04. The third kappa shape index (κ3) is 4.03. The van der Waals surface area contributed by atoms with Crippen molar-refractivity contribution in [2.75, 3.05) is 19.6 Å². The first-order chi connectivity index (χ1) is 4.70. The van der Waals surface area contributed by atoms with Crippen LogP contribution in [0.2, 0.25) is 0 Å². The summed E-state index contributed by atoms with van der Waals surface area (Å²) in [5.74, 6) is -0.899. The van der Waals surface area contributed by atoms with Crippen molar-refractivity contribution in [2.24, 2.45) is 0 Å². The van der Waals surface area contributed by atoms with E-state index in [1.165, 1.54) is 4.90 Å². The average Bonchev–Trinajstić information content (AvgIpc) is 1.86. The summed E-state index contributed by atoms with van der Waals surface area (Å²) in [6, 6.07) is 0. The van der Waals surface area contributed by atoms with E-state index < -0.39 is 5.97 Å². The average molecular weight is 145 g/mol. The van der Waals surface area contributed by atoms with Crippen LogP contribution in [0.25, 0.3) is 0 Å². The van der Waals surface area contributed by atoms with Gasteiger partial charge in [-0.1, -0.05) is 6.92 Å². The third-order valence-corrected chi connectivity index (χ3v) is 1.14. The minimum absolute atomic E-state index is 0.0603. The van der Waals surface area contributed by atoms with E-state index in [-0.39, 0.29) is 13.1 Å². The molecule has 58 valence electrons. The van der Waals surface area contributed by atoms with Gasteiger partial charge in [0.25, 0.3) is 0 Å². The van der Waals surface area contributed by atoms with Crippen molar-refractivity contribution >= 4 is 12.3 Å². The lowest BCUT2D eigenvalue weighted by molar-refractivity contribution is -0.138. The zero-order chi connectivity index (χ0) is 7.98. The fourth-order valence-electron chi connectivity index (χ4n) is 0.602. The second-order valence-corrected chi connectivity index (χ2v) is 1.89. The summed E-state index contributed by atoms with van der Waals surface area (Å²) in [5.41, 5.74) is 0. The van der Waals surface area contributed by atoms with Gasteiger partial charge >= 0.3 is 5.97 Å². The van der Waals surface area contributed by atoms with Crippen LogP contribution in [-0.4, -0.2) is 41.9 Å². The van der Waals surface area contributed by atoms with Crippen molar-refractivity contribution in [3.63, 3.8) is 0 Å². The summed E-state index contributed by atoms with van der Waals surface area (Å²) in [4.78, 5) is 21.5. The van der Waals surface area contributed by atoms with E-state index in [1.54, 1.807) is 0 Å². The van der Waals surface area contributed by atoms with Crippen LogP contribution in [0.15, 0.2) is 0 Å². The van der Waals surface area contributed by atoms with E-state index in [0.717, 1.165) is 0 Å². The molecule has 4 heteroatoms. The number of hydrogen-bond donors (Lipinski definition) is 1. The summed E-state index contributed by atoms with van der Waals surface area (Å²) in [6.45, 7) is 2.54. The lowest BCUT2D eigenvalue weighted by atomic mass is 10.5. The molecule has 0 aliphatic carbocycles. The highest BCUT2D eigenvalue weighted by molar-refractivity contribution is 5.69. The van der Waals surface area contributed by atoms with E-state index in [2.05, 4.69) is 0 Å². The number of aldehydes is 1. The Bertz CT molecular complexity index is 124. The molecule has 0 aromatic rings. The van der Waals surface area contributed by atoms with Gasteiger partial charge in [0, 0.05) is 0 Å². The monoisotopic (exact) mass is 145 g/mol. The molecule has 0 spiro atoms. The minimum Gasteiger partial charge on any atom is -0.480 e. The van der Waals surface area contributed by atoms with Crippen LogP contribution >= 0.6 is 0 Å². The topological polar surface area (TPSA) is 57.6 Å². The Hall–Kier alpha value is -0.900. The van der Waals surface area contributed by atoms with Gasteiger partial charge in [-0.2, -0.15) is 0 Å². The number of carbonyl (C=O) groups is 2. The Labute approximate surface area is 59.4 Å². The highest BCUT2D eigenvalue weighted by Crippen LogP contribution is 1.83. The second kappa shape index (κ2) is 4.93. The van der Waals surface area contributed by atoms with Gasteiger partial charge in [-0.05, 0) is 6.54 Å². The molecular formula is C6H11NO3. The molecule has 0 aromatic carbocycles. The summed E-state index contributed by atoms with van der Waals surface area (Å²) < 4.78 is 0. The van der Waals surface area contributed by atoms with Gasteiger partial charge in [0.15, 0.2) is 0 Å². The van der Waals surface area contributed by atoms with Crippen molar-refractivity contribution < 1.29 is 14.7 Å². The predicted molar refractivity (Wildman–Crippen MR) is 35.8 cm³/mol. The number of carbonyl (C=O) groups excluding carboxylic acids is 1. The molecule has 0 aromatic heterocycles. The Morgan fingerprint density at radius 1 is 1.70 bits per heavy atom. The molecule has 0 rings (SSSR count). The second-order valence-electron chi connectivity index (χ2n) is 1.89. The number of hydrogen-bond acceptors (Lipinski definition) is 3. The van der Waals surface area contributed by atoms with Crippen LogP contribution in [0, 0.1) is 0 Å². The summed E-state index contributed by atoms with van der Waals surface area (Å²) in [5, 5.41) is 8.28. The summed E-state index contributed by atoms with van der Waals surface area (Å²) >= 11 is 0. The number of nitrogens with zero attached hydrogens (tertiary/aromatic N) is 1. The van der Waals surface area contributed by atoms with E-state index in [9.17, 15) is 9.59 Å². The molecule has 0 aliphatic heterocycles. The highest BCUT2D eigenvalue weighted by atomic mass is 16.4. The van der Waals surface area contributed by atoms with Crippen LogP contribution < -0.4 is 0 Å². The molecule has 0 radical (unpaired) electrons. The molecule has 1 N–H and O–H groups in total. The molecule has 0 heterocycles. The van der Waals surface area contributed by atoms with Gasteiger partial charge in [0.05, 0.1) is 13.1 Å². The fourth-order valence-corrected chi connectivity index (χ4v) is 0.602. The lowest BCUT2D eigenvalue weighted by Crippen LogP contribution is -2.30. The van der Waals surface area contributed by atoms with Crippen molar-refractivity contribution in [3.8, 4) is 0 Å². The standard InChI is InChI=1S/C6H11NO3/c1-2-7(3-4-8)5-6(9)10/h4H,2-3,5H2,1H3,(H,9,10). The Kier molecular flexibility index (Phi) is 4.49. The molecular weight excluding hydrogens is 134 g/mol. The molecule has 4 nitrogen and oxygen atoms in total. The minimum atomic E-state index is -0.899. The zero-order valence-corrected chi connectivity index (χ0v) is 5.91. The quantitative estimate of drug-likeness (QED) is 0.534. The smallest absolute Gasteiger partial charge is 0.317 e. The molecule has 0 bridgehead atoms. The molecule has 0 aliphatic rings. The van der Waals surface area contributed by atoms with E-state index in [0.29, 0.717) is 12.8 Å². The van der Waals surface area contributed by atoms with Gasteiger partial charge in [-0.15, -0.1) is 0 Å². The SMILES string of the molecule is CCN(CC=O)CC(=O)O. The zero-order valence-electron chi connectivity index (χ0n) is 5.91. The number of aliphatic carboxylic acids is 1. The van der Waals surface area contributed by atoms with Gasteiger partial charge in [-0.3, -0.25) is 9.69 Å². The van der Waals surface area contributed by atoms with Crippen molar-refractivity contribution in [3.05, 3.63) is 0 Å². The largest absolute Gasteiger partial charge is 0.480 e. The van der Waals surface area contributed by atoms with E-state index in [1.807, 2.05) is 6.92 Å². The van der Waals surface area contributed by atoms with Crippen molar-refractivity contribution in [2.45, 2.75) is 6.92 Å². The maximum Gasteiger partial charge on any atom is 0.317 e. The number of likely N-dealkylation sites (N-methyl/N-ethyl adjacent to an activating group) is 1. The van der Waals surface area contributed by atoms with Gasteiger partial charge in [-0.25, -0.2) is 0 Å². The van der Waals surface area contributed by atoms with Crippen molar-refractivity contribution in [1.29, 1.82) is 0 Å². The van der Waals surface area contributed by atoms with E-state index in [4.69, 9.17) is 5.11 Å². The Morgan fingerprint density at radius 3 is 2.60 bits per heavy atom. The van der Waals surface area contributed by atoms with Crippen LogP contribution in [-0.2, 0) is 9.59 Å². The maximum atomic E-state index is 10.1. The van der Waals surface area contributed by atoms with Crippen LogP contribution in [0.1, 0.15) is 6.92 Å². The molecule has 0 saturated heterocycles. The first-order valence-corrected chi connectivity index (χ1v) is 3.08. The normalized spacial score (nSPS) is 9.80.